The molecule has 2 atom stereocenters. The molecule has 0 aliphatic heterocycles. The SMILES string of the molecule is COC1CCCC1NS(=O)(=O)c1ccccc1C(N)=S. The maximum Gasteiger partial charge on any atom is 0.241 e. The third kappa shape index (κ3) is 3.17. The van der Waals surface area contributed by atoms with E-state index in [-0.39, 0.29) is 22.0 Å². The topological polar surface area (TPSA) is 81.4 Å². The zero-order valence-corrected chi connectivity index (χ0v) is 12.8. The molecule has 7 heteroatoms. The smallest absolute Gasteiger partial charge is 0.241 e. The number of sulfonamides is 1. The molecule has 2 rings (SSSR count). The molecule has 1 aliphatic carbocycles. The average Bonchev–Trinajstić information content (AvgIpc) is 2.85. The van der Waals surface area contributed by atoms with Gasteiger partial charge in [-0.15, -0.1) is 0 Å². The fourth-order valence-electron chi connectivity index (χ4n) is 2.51. The first-order valence-electron chi connectivity index (χ1n) is 6.39. The van der Waals surface area contributed by atoms with Crippen molar-refractivity contribution in [2.75, 3.05) is 7.11 Å². The van der Waals surface area contributed by atoms with Crippen LogP contribution >= 0.6 is 12.2 Å². The van der Waals surface area contributed by atoms with Gasteiger partial charge in [-0.2, -0.15) is 0 Å². The molecule has 1 saturated carbocycles. The Kier molecular flexibility index (Phi) is 4.74. The van der Waals surface area contributed by atoms with Gasteiger partial charge in [-0.25, -0.2) is 13.1 Å². The Labute approximate surface area is 124 Å². The van der Waals surface area contributed by atoms with Gasteiger partial charge in [0.1, 0.15) is 4.99 Å². The van der Waals surface area contributed by atoms with Gasteiger partial charge in [-0.05, 0) is 25.3 Å². The van der Waals surface area contributed by atoms with Crippen molar-refractivity contribution in [2.45, 2.75) is 36.3 Å². The molecule has 1 aromatic carbocycles. The highest BCUT2D eigenvalue weighted by Crippen LogP contribution is 2.24. The second-order valence-corrected chi connectivity index (χ2v) is 6.92. The number of methoxy groups -OCH3 is 1. The van der Waals surface area contributed by atoms with Crippen LogP contribution in [0.1, 0.15) is 24.8 Å². The van der Waals surface area contributed by atoms with Crippen molar-refractivity contribution >= 4 is 27.2 Å². The minimum absolute atomic E-state index is 0.0701. The van der Waals surface area contributed by atoms with E-state index in [0.29, 0.717) is 5.56 Å². The molecule has 5 nitrogen and oxygen atoms in total. The Bertz CT molecular complexity index is 601. The Morgan fingerprint density at radius 2 is 2.10 bits per heavy atom. The summed E-state index contributed by atoms with van der Waals surface area (Å²) in [7, 11) is -2.06. The molecule has 2 unspecified atom stereocenters. The van der Waals surface area contributed by atoms with Crippen LogP contribution in [-0.2, 0) is 14.8 Å². The van der Waals surface area contributed by atoms with Crippen molar-refractivity contribution in [3.63, 3.8) is 0 Å². The van der Waals surface area contributed by atoms with Gasteiger partial charge in [0.05, 0.1) is 11.0 Å². The van der Waals surface area contributed by atoms with E-state index < -0.39 is 10.0 Å². The molecule has 0 radical (unpaired) electrons. The number of thiocarbonyl (C=S) groups is 1. The third-order valence-corrected chi connectivity index (χ3v) is 5.27. The van der Waals surface area contributed by atoms with Crippen molar-refractivity contribution < 1.29 is 13.2 Å². The predicted molar refractivity (Wildman–Crippen MR) is 81.1 cm³/mol. The molecular weight excluding hydrogens is 296 g/mol. The van der Waals surface area contributed by atoms with E-state index in [0.717, 1.165) is 19.3 Å². The minimum Gasteiger partial charge on any atom is -0.389 e. The molecule has 0 bridgehead atoms. The van der Waals surface area contributed by atoms with E-state index in [1.165, 1.54) is 6.07 Å². The highest BCUT2D eigenvalue weighted by atomic mass is 32.2. The van der Waals surface area contributed by atoms with Crippen LogP contribution in [0.2, 0.25) is 0 Å². The van der Waals surface area contributed by atoms with Crippen molar-refractivity contribution in [3.8, 4) is 0 Å². The Hall–Kier alpha value is -1.02. The van der Waals surface area contributed by atoms with E-state index in [4.69, 9.17) is 22.7 Å². The number of ether oxygens (including phenoxy) is 1. The van der Waals surface area contributed by atoms with Crippen LogP contribution in [0.15, 0.2) is 29.2 Å². The van der Waals surface area contributed by atoms with E-state index in [1.54, 1.807) is 25.3 Å². The summed E-state index contributed by atoms with van der Waals surface area (Å²) >= 11 is 4.91. The second kappa shape index (κ2) is 6.17. The molecule has 1 fully saturated rings. The van der Waals surface area contributed by atoms with Crippen molar-refractivity contribution in [2.24, 2.45) is 5.73 Å². The lowest BCUT2D eigenvalue weighted by atomic mass is 10.2. The molecule has 1 aliphatic rings. The Morgan fingerprint density at radius 3 is 2.75 bits per heavy atom. The lowest BCUT2D eigenvalue weighted by Crippen LogP contribution is -2.41. The van der Waals surface area contributed by atoms with Crippen LogP contribution in [0, 0.1) is 0 Å². The molecule has 1 aromatic rings. The summed E-state index contributed by atoms with van der Waals surface area (Å²) in [4.78, 5) is 0.190. The summed E-state index contributed by atoms with van der Waals surface area (Å²) in [5.41, 5.74) is 5.95. The van der Waals surface area contributed by atoms with Crippen LogP contribution in [-0.4, -0.2) is 32.7 Å². The summed E-state index contributed by atoms with van der Waals surface area (Å²) in [5.74, 6) is 0. The van der Waals surface area contributed by atoms with Gasteiger partial charge in [0.2, 0.25) is 10.0 Å². The number of hydrogen-bond donors (Lipinski definition) is 2. The molecular formula is C13H18N2O3S2. The highest BCUT2D eigenvalue weighted by molar-refractivity contribution is 7.89. The monoisotopic (exact) mass is 314 g/mol. The fraction of sp³-hybridized carbons (Fsp3) is 0.462. The molecule has 20 heavy (non-hydrogen) atoms. The van der Waals surface area contributed by atoms with E-state index in [9.17, 15) is 8.42 Å². The summed E-state index contributed by atoms with van der Waals surface area (Å²) in [6.07, 6.45) is 2.50. The lowest BCUT2D eigenvalue weighted by molar-refractivity contribution is 0.0916. The number of benzene rings is 1. The summed E-state index contributed by atoms with van der Waals surface area (Å²) < 4.78 is 33.0. The lowest BCUT2D eigenvalue weighted by Gasteiger charge is -2.20. The standard InChI is InChI=1S/C13H18N2O3S2/c1-18-11-7-4-6-10(11)15-20(16,17)12-8-3-2-5-9(12)13(14)19/h2-3,5,8,10-11,15H,4,6-7H2,1H3,(H2,14,19). The number of nitrogens with two attached hydrogens (primary N) is 1. The maximum atomic E-state index is 12.5. The first kappa shape index (κ1) is 15.4. The highest BCUT2D eigenvalue weighted by Gasteiger charge is 2.32. The molecule has 0 aromatic heterocycles. The third-order valence-electron chi connectivity index (χ3n) is 3.50. The van der Waals surface area contributed by atoms with E-state index in [2.05, 4.69) is 4.72 Å². The first-order chi connectivity index (χ1) is 9.45. The van der Waals surface area contributed by atoms with E-state index in [1.807, 2.05) is 0 Å². The predicted octanol–water partition coefficient (Wildman–Crippen LogP) is 1.17. The van der Waals surface area contributed by atoms with Gasteiger partial charge in [-0.1, -0.05) is 30.4 Å². The molecule has 0 spiro atoms. The van der Waals surface area contributed by atoms with E-state index >= 15 is 0 Å². The van der Waals surface area contributed by atoms with Gasteiger partial charge in [0, 0.05) is 18.7 Å². The number of rotatable bonds is 5. The second-order valence-electron chi connectivity index (χ2n) is 4.79. The molecule has 0 saturated heterocycles. The molecule has 110 valence electrons. The zero-order valence-electron chi connectivity index (χ0n) is 11.2. The zero-order chi connectivity index (χ0) is 14.8. The van der Waals surface area contributed by atoms with Crippen LogP contribution in [0.3, 0.4) is 0 Å². The molecule has 0 heterocycles. The van der Waals surface area contributed by atoms with Crippen LogP contribution in [0.5, 0.6) is 0 Å². The minimum atomic E-state index is -3.66. The average molecular weight is 314 g/mol. The van der Waals surface area contributed by atoms with Gasteiger partial charge in [-0.3, -0.25) is 0 Å². The maximum absolute atomic E-state index is 12.5. The van der Waals surface area contributed by atoms with Gasteiger partial charge in [0.25, 0.3) is 0 Å². The summed E-state index contributed by atoms with van der Waals surface area (Å²) in [6, 6.07) is 6.27. The fourth-order valence-corrected chi connectivity index (χ4v) is 4.27. The van der Waals surface area contributed by atoms with Gasteiger partial charge < -0.3 is 10.5 Å². The normalized spacial score (nSPS) is 22.9. The quantitative estimate of drug-likeness (QED) is 0.797. The Balaban J connectivity index is 2.29. The first-order valence-corrected chi connectivity index (χ1v) is 8.29. The van der Waals surface area contributed by atoms with Crippen molar-refractivity contribution in [1.29, 1.82) is 0 Å². The Morgan fingerprint density at radius 1 is 1.40 bits per heavy atom. The molecule has 0 amide bonds. The van der Waals surface area contributed by atoms with Crippen molar-refractivity contribution in [3.05, 3.63) is 29.8 Å². The van der Waals surface area contributed by atoms with Crippen LogP contribution in [0.25, 0.3) is 0 Å². The molecule has 3 N–H and O–H groups in total. The van der Waals surface area contributed by atoms with Gasteiger partial charge in [0.15, 0.2) is 0 Å². The van der Waals surface area contributed by atoms with Gasteiger partial charge >= 0.3 is 0 Å². The van der Waals surface area contributed by atoms with Crippen molar-refractivity contribution in [1.82, 2.24) is 4.72 Å². The summed E-state index contributed by atoms with van der Waals surface area (Å²) in [5, 5.41) is 0. The summed E-state index contributed by atoms with van der Waals surface area (Å²) in [6.45, 7) is 0. The largest absolute Gasteiger partial charge is 0.389 e. The number of hydrogen-bond acceptors (Lipinski definition) is 4. The number of nitrogens with one attached hydrogen (secondary N) is 1. The van der Waals surface area contributed by atoms with Crippen LogP contribution < -0.4 is 10.5 Å². The van der Waals surface area contributed by atoms with Crippen LogP contribution in [0.4, 0.5) is 0 Å².